The fraction of sp³-hybridized carbons (Fsp3) is 0.935. The van der Waals surface area contributed by atoms with E-state index in [0.29, 0.717) is 40.6 Å². The summed E-state index contributed by atoms with van der Waals surface area (Å²) in [6, 6.07) is 0. The first kappa shape index (κ1) is 26.1. The van der Waals surface area contributed by atoms with E-state index in [2.05, 4.69) is 27.7 Å². The van der Waals surface area contributed by atoms with Crippen LogP contribution in [0.1, 0.15) is 105 Å². The number of aliphatic carboxylic acids is 1. The Balaban J connectivity index is 1.13. The molecule has 2 saturated heterocycles. The van der Waals surface area contributed by atoms with Crippen LogP contribution in [0.25, 0.3) is 0 Å². The van der Waals surface area contributed by atoms with Gasteiger partial charge >= 0.3 is 11.9 Å². The van der Waals surface area contributed by atoms with Gasteiger partial charge in [0.25, 0.3) is 0 Å². The molecule has 1 N–H and O–H groups in total. The molecule has 0 amide bonds. The average molecular weight is 517 g/mol. The molecule has 6 rings (SSSR count). The van der Waals surface area contributed by atoms with E-state index in [1.54, 1.807) is 0 Å². The summed E-state index contributed by atoms with van der Waals surface area (Å²) in [4.78, 5) is 23.0. The van der Waals surface area contributed by atoms with Gasteiger partial charge in [0.05, 0.1) is 25.6 Å². The molecule has 1 unspecified atom stereocenters. The second kappa shape index (κ2) is 9.21. The molecule has 12 atom stereocenters. The van der Waals surface area contributed by atoms with E-state index in [9.17, 15) is 9.59 Å². The predicted molar refractivity (Wildman–Crippen MR) is 138 cm³/mol. The molecule has 4 saturated carbocycles. The molecule has 4 aliphatic carbocycles. The number of rotatable bonds is 4. The molecule has 208 valence electrons. The van der Waals surface area contributed by atoms with Gasteiger partial charge in [0.1, 0.15) is 6.10 Å². The fourth-order valence-electron chi connectivity index (χ4n) is 10.8. The van der Waals surface area contributed by atoms with Gasteiger partial charge in [-0.05, 0) is 104 Å². The normalized spacial score (nSPS) is 52.6. The van der Waals surface area contributed by atoms with Crippen molar-refractivity contribution in [2.24, 2.45) is 52.3 Å². The quantitative estimate of drug-likeness (QED) is 0.448. The van der Waals surface area contributed by atoms with Crippen molar-refractivity contribution >= 4 is 11.9 Å². The van der Waals surface area contributed by atoms with Crippen LogP contribution in [0.3, 0.4) is 0 Å². The Morgan fingerprint density at radius 3 is 2.43 bits per heavy atom. The molecule has 0 aromatic rings. The van der Waals surface area contributed by atoms with E-state index in [-0.39, 0.29) is 30.7 Å². The molecule has 6 heteroatoms. The Morgan fingerprint density at radius 2 is 1.70 bits per heavy atom. The van der Waals surface area contributed by atoms with E-state index in [1.165, 1.54) is 38.5 Å². The molecule has 0 bridgehead atoms. The molecule has 0 radical (unpaired) electrons. The first-order valence-electron chi connectivity index (χ1n) is 15.3. The van der Waals surface area contributed by atoms with E-state index in [0.717, 1.165) is 50.0 Å². The van der Waals surface area contributed by atoms with Crippen LogP contribution in [0.2, 0.25) is 0 Å². The molecular formula is C31H48O6. The third-order valence-corrected chi connectivity index (χ3v) is 12.7. The topological polar surface area (TPSA) is 82.1 Å². The first-order chi connectivity index (χ1) is 17.6. The van der Waals surface area contributed by atoms with Crippen LogP contribution in [0.15, 0.2) is 0 Å². The van der Waals surface area contributed by atoms with Gasteiger partial charge in [-0.2, -0.15) is 0 Å². The SMILES string of the molecule is C[C@@H]1CC[C@@]2(OC1)O[C@H]1C[C@H]3[C@@H]4CCC5C[C@@H](OC(=O)CCC(=O)O)CC[C@]5(C)[C@H]4CC[C@]3(C)[C@H]1[C@@H]2C. The average Bonchev–Trinajstić information content (AvgIpc) is 3.30. The van der Waals surface area contributed by atoms with Crippen molar-refractivity contribution in [1.29, 1.82) is 0 Å². The van der Waals surface area contributed by atoms with Gasteiger partial charge in [0.2, 0.25) is 0 Å². The molecule has 6 fully saturated rings. The Bertz CT molecular complexity index is 909. The highest BCUT2D eigenvalue weighted by molar-refractivity contribution is 5.76. The van der Waals surface area contributed by atoms with Crippen LogP contribution in [-0.2, 0) is 23.8 Å². The van der Waals surface area contributed by atoms with Crippen molar-refractivity contribution in [2.75, 3.05) is 6.61 Å². The smallest absolute Gasteiger partial charge is 0.306 e. The van der Waals surface area contributed by atoms with Crippen molar-refractivity contribution in [1.82, 2.24) is 0 Å². The first-order valence-corrected chi connectivity index (χ1v) is 15.3. The highest BCUT2D eigenvalue weighted by atomic mass is 16.7. The standard InChI is InChI=1S/C31H48O6/c1-18-9-14-31(35-17-18)19(2)28-25(37-31)16-24-22-6-5-20-15-21(36-27(34)8-7-26(32)33)10-12-29(20,3)23(22)11-13-30(24,28)4/h18-25,28H,5-17H2,1-4H3,(H,32,33)/t18-,19+,20?,21+,22-,23+,24+,25+,28+,29+,30+,31-/m1/s1. The Hall–Kier alpha value is -1.14. The number of carbonyl (C=O) groups excluding carboxylic acids is 1. The maximum absolute atomic E-state index is 12.2. The maximum atomic E-state index is 12.2. The molecule has 37 heavy (non-hydrogen) atoms. The van der Waals surface area contributed by atoms with Crippen molar-refractivity contribution in [2.45, 2.75) is 123 Å². The Labute approximate surface area is 222 Å². The molecule has 2 heterocycles. The molecule has 1 spiro atoms. The fourth-order valence-corrected chi connectivity index (χ4v) is 10.8. The zero-order valence-corrected chi connectivity index (χ0v) is 23.4. The number of hydrogen-bond acceptors (Lipinski definition) is 5. The summed E-state index contributed by atoms with van der Waals surface area (Å²) >= 11 is 0. The van der Waals surface area contributed by atoms with E-state index in [1.807, 2.05) is 0 Å². The molecule has 0 aromatic heterocycles. The summed E-state index contributed by atoms with van der Waals surface area (Å²) < 4.78 is 19.2. The van der Waals surface area contributed by atoms with Gasteiger partial charge in [-0.1, -0.05) is 27.7 Å². The molecule has 6 nitrogen and oxygen atoms in total. The third-order valence-electron chi connectivity index (χ3n) is 12.7. The van der Waals surface area contributed by atoms with Crippen molar-refractivity contribution in [3.63, 3.8) is 0 Å². The number of carbonyl (C=O) groups is 2. The summed E-state index contributed by atoms with van der Waals surface area (Å²) in [5.41, 5.74) is 0.670. The molecule has 6 aliphatic rings. The van der Waals surface area contributed by atoms with Crippen molar-refractivity contribution < 1.29 is 28.9 Å². The minimum absolute atomic E-state index is 0.0209. The van der Waals surface area contributed by atoms with E-state index >= 15 is 0 Å². The van der Waals surface area contributed by atoms with Gasteiger partial charge in [-0.15, -0.1) is 0 Å². The lowest BCUT2D eigenvalue weighted by Crippen LogP contribution is -2.55. The lowest BCUT2D eigenvalue weighted by molar-refractivity contribution is -0.273. The van der Waals surface area contributed by atoms with Gasteiger partial charge in [0.15, 0.2) is 5.79 Å². The van der Waals surface area contributed by atoms with Crippen molar-refractivity contribution in [3.05, 3.63) is 0 Å². The Kier molecular flexibility index (Phi) is 6.50. The number of hydrogen-bond donors (Lipinski definition) is 1. The van der Waals surface area contributed by atoms with Gasteiger partial charge < -0.3 is 19.3 Å². The van der Waals surface area contributed by atoms with Crippen LogP contribution in [0.4, 0.5) is 0 Å². The molecular weight excluding hydrogens is 468 g/mol. The van der Waals surface area contributed by atoms with Crippen LogP contribution in [0, 0.1) is 52.3 Å². The van der Waals surface area contributed by atoms with Gasteiger partial charge in [0, 0.05) is 12.3 Å². The van der Waals surface area contributed by atoms with E-state index in [4.69, 9.17) is 19.3 Å². The minimum atomic E-state index is -0.942. The van der Waals surface area contributed by atoms with Crippen molar-refractivity contribution in [3.8, 4) is 0 Å². The predicted octanol–water partition coefficient (Wildman–Crippen LogP) is 6.21. The van der Waals surface area contributed by atoms with E-state index < -0.39 is 5.97 Å². The van der Waals surface area contributed by atoms with Gasteiger partial charge in [-0.3, -0.25) is 9.59 Å². The van der Waals surface area contributed by atoms with Crippen LogP contribution < -0.4 is 0 Å². The number of carboxylic acids is 1. The maximum Gasteiger partial charge on any atom is 0.306 e. The number of fused-ring (bicyclic) bond motifs is 7. The number of ether oxygens (including phenoxy) is 3. The summed E-state index contributed by atoms with van der Waals surface area (Å²) in [5.74, 6) is 2.96. The number of carboxylic acid groups (broad SMARTS) is 1. The summed E-state index contributed by atoms with van der Waals surface area (Å²) in [6.45, 7) is 10.7. The minimum Gasteiger partial charge on any atom is -0.481 e. The number of esters is 1. The monoisotopic (exact) mass is 516 g/mol. The van der Waals surface area contributed by atoms with Gasteiger partial charge in [-0.25, -0.2) is 0 Å². The zero-order valence-electron chi connectivity index (χ0n) is 23.4. The largest absolute Gasteiger partial charge is 0.481 e. The molecule has 2 aliphatic heterocycles. The highest BCUT2D eigenvalue weighted by Gasteiger charge is 2.69. The zero-order chi connectivity index (χ0) is 26.2. The lowest BCUT2D eigenvalue weighted by atomic mass is 9.44. The van der Waals surface area contributed by atoms with Crippen LogP contribution in [-0.4, -0.2) is 41.6 Å². The Morgan fingerprint density at radius 1 is 0.919 bits per heavy atom. The van der Waals surface area contributed by atoms with Crippen LogP contribution in [0.5, 0.6) is 0 Å². The summed E-state index contributed by atoms with van der Waals surface area (Å²) in [7, 11) is 0. The summed E-state index contributed by atoms with van der Waals surface area (Å²) in [6.07, 6.45) is 11.7. The second-order valence-electron chi connectivity index (χ2n) is 14.5. The third kappa shape index (κ3) is 4.10. The second-order valence-corrected chi connectivity index (χ2v) is 14.5. The molecule has 0 aromatic carbocycles. The lowest BCUT2D eigenvalue weighted by Gasteiger charge is -2.61. The highest BCUT2D eigenvalue weighted by Crippen LogP contribution is 2.71. The van der Waals surface area contributed by atoms with Crippen LogP contribution >= 0.6 is 0 Å². The summed E-state index contributed by atoms with van der Waals surface area (Å²) in [5, 5.41) is 8.87.